The van der Waals surface area contributed by atoms with Gasteiger partial charge in [-0.05, 0) is 25.1 Å². The van der Waals surface area contributed by atoms with Crippen molar-refractivity contribution in [1.29, 1.82) is 0 Å². The molecular formula is C10H13ClN2O2S. The molecule has 0 spiro atoms. The molecule has 88 valence electrons. The predicted molar refractivity (Wildman–Crippen MR) is 68.0 cm³/mol. The Hall–Kier alpha value is -1.07. The number of benzene rings is 1. The molecule has 2 atom stereocenters. The molecular weight excluding hydrogens is 248 g/mol. The van der Waals surface area contributed by atoms with Gasteiger partial charge in [0.05, 0.1) is 10.7 Å². The molecule has 2 unspecified atom stereocenters. The highest BCUT2D eigenvalue weighted by Crippen LogP contribution is 2.22. The van der Waals surface area contributed by atoms with Gasteiger partial charge >= 0.3 is 0 Å². The quantitative estimate of drug-likeness (QED) is 0.812. The van der Waals surface area contributed by atoms with E-state index in [1.54, 1.807) is 25.1 Å². The zero-order valence-electron chi connectivity index (χ0n) is 8.99. The first-order chi connectivity index (χ1) is 7.41. The number of nitrogen functional groups attached to an aromatic ring is 1. The van der Waals surface area contributed by atoms with Gasteiger partial charge in [-0.2, -0.15) is 0 Å². The van der Waals surface area contributed by atoms with Gasteiger partial charge in [0.25, 0.3) is 0 Å². The molecule has 1 rings (SSSR count). The van der Waals surface area contributed by atoms with Crippen molar-refractivity contribution >= 4 is 39.7 Å². The van der Waals surface area contributed by atoms with E-state index in [9.17, 15) is 9.00 Å². The van der Waals surface area contributed by atoms with Gasteiger partial charge in [0, 0.05) is 22.7 Å². The number of hydrogen-bond acceptors (Lipinski definition) is 3. The molecule has 0 fully saturated rings. The van der Waals surface area contributed by atoms with Gasteiger partial charge in [0.1, 0.15) is 5.25 Å². The average molecular weight is 261 g/mol. The monoisotopic (exact) mass is 260 g/mol. The van der Waals surface area contributed by atoms with Crippen LogP contribution in [0.4, 0.5) is 11.4 Å². The van der Waals surface area contributed by atoms with Crippen molar-refractivity contribution in [1.82, 2.24) is 0 Å². The van der Waals surface area contributed by atoms with Crippen LogP contribution in [0, 0.1) is 0 Å². The van der Waals surface area contributed by atoms with Crippen LogP contribution in [0.5, 0.6) is 0 Å². The van der Waals surface area contributed by atoms with Crippen LogP contribution in [0.15, 0.2) is 18.2 Å². The molecule has 1 amide bonds. The summed E-state index contributed by atoms with van der Waals surface area (Å²) in [5.74, 6) is -0.303. The van der Waals surface area contributed by atoms with E-state index >= 15 is 0 Å². The highest BCUT2D eigenvalue weighted by atomic mass is 35.5. The fourth-order valence-corrected chi connectivity index (χ4v) is 1.49. The lowest BCUT2D eigenvalue weighted by atomic mass is 10.2. The third kappa shape index (κ3) is 3.21. The second kappa shape index (κ2) is 5.32. The van der Waals surface area contributed by atoms with Crippen LogP contribution < -0.4 is 11.1 Å². The standard InChI is InChI=1S/C10H13ClN2O2S/c1-6(16(2)15)10(14)13-7-3-4-8(11)9(12)5-7/h3-6H,12H2,1-2H3,(H,13,14). The van der Waals surface area contributed by atoms with Gasteiger partial charge < -0.3 is 11.1 Å². The third-order valence-electron chi connectivity index (χ3n) is 2.13. The van der Waals surface area contributed by atoms with Crippen LogP contribution in [-0.4, -0.2) is 21.6 Å². The molecule has 0 aliphatic carbocycles. The van der Waals surface area contributed by atoms with Gasteiger partial charge in [-0.3, -0.25) is 9.00 Å². The molecule has 0 aromatic heterocycles. The number of nitrogens with two attached hydrogens (primary N) is 1. The van der Waals surface area contributed by atoms with E-state index in [4.69, 9.17) is 17.3 Å². The number of carbonyl (C=O) groups is 1. The smallest absolute Gasteiger partial charge is 0.239 e. The molecule has 0 aliphatic heterocycles. The predicted octanol–water partition coefficient (Wildman–Crippen LogP) is 1.63. The van der Waals surface area contributed by atoms with E-state index < -0.39 is 16.0 Å². The molecule has 0 saturated carbocycles. The number of anilines is 2. The van der Waals surface area contributed by atoms with Gasteiger partial charge in [0.2, 0.25) is 5.91 Å². The summed E-state index contributed by atoms with van der Waals surface area (Å²) in [6, 6.07) is 4.80. The highest BCUT2D eigenvalue weighted by Gasteiger charge is 2.16. The van der Waals surface area contributed by atoms with Crippen LogP contribution in [-0.2, 0) is 15.6 Å². The number of amides is 1. The second-order valence-corrected chi connectivity index (χ2v) is 5.48. The fraction of sp³-hybridized carbons (Fsp3) is 0.300. The maximum atomic E-state index is 11.6. The summed E-state index contributed by atoms with van der Waals surface area (Å²) in [5, 5.41) is 2.50. The Morgan fingerprint density at radius 1 is 1.56 bits per heavy atom. The summed E-state index contributed by atoms with van der Waals surface area (Å²) in [6.07, 6.45) is 1.49. The number of nitrogens with one attached hydrogen (secondary N) is 1. The van der Waals surface area contributed by atoms with Crippen LogP contribution in [0.1, 0.15) is 6.92 Å². The number of carbonyl (C=O) groups excluding carboxylic acids is 1. The Morgan fingerprint density at radius 3 is 2.69 bits per heavy atom. The highest BCUT2D eigenvalue weighted by molar-refractivity contribution is 7.85. The lowest BCUT2D eigenvalue weighted by Gasteiger charge is -2.10. The van der Waals surface area contributed by atoms with E-state index in [0.717, 1.165) is 0 Å². The minimum Gasteiger partial charge on any atom is -0.397 e. The minimum absolute atomic E-state index is 0.303. The molecule has 6 heteroatoms. The fourth-order valence-electron chi connectivity index (χ4n) is 1.02. The van der Waals surface area contributed by atoms with E-state index in [1.807, 2.05) is 0 Å². The molecule has 0 aliphatic rings. The molecule has 0 saturated heterocycles. The Bertz CT molecular complexity index is 437. The van der Waals surface area contributed by atoms with Crippen molar-refractivity contribution in [3.63, 3.8) is 0 Å². The molecule has 1 aromatic carbocycles. The van der Waals surface area contributed by atoms with E-state index in [1.165, 1.54) is 6.26 Å². The maximum absolute atomic E-state index is 11.6. The molecule has 3 N–H and O–H groups in total. The summed E-state index contributed by atoms with van der Waals surface area (Å²) in [5.41, 5.74) is 6.53. The van der Waals surface area contributed by atoms with Crippen LogP contribution in [0.25, 0.3) is 0 Å². The molecule has 16 heavy (non-hydrogen) atoms. The van der Waals surface area contributed by atoms with Gasteiger partial charge in [-0.15, -0.1) is 0 Å². The van der Waals surface area contributed by atoms with Crippen molar-refractivity contribution < 1.29 is 9.00 Å². The average Bonchev–Trinajstić information content (AvgIpc) is 2.22. The number of hydrogen-bond donors (Lipinski definition) is 2. The van der Waals surface area contributed by atoms with Gasteiger partial charge in [-0.1, -0.05) is 11.6 Å². The first kappa shape index (κ1) is 13.0. The molecule has 0 radical (unpaired) electrons. The second-order valence-electron chi connectivity index (χ2n) is 3.37. The molecule has 0 bridgehead atoms. The zero-order valence-corrected chi connectivity index (χ0v) is 10.6. The van der Waals surface area contributed by atoms with Gasteiger partial charge in [-0.25, -0.2) is 0 Å². The Balaban J connectivity index is 2.77. The van der Waals surface area contributed by atoms with Crippen LogP contribution in [0.2, 0.25) is 5.02 Å². The lowest BCUT2D eigenvalue weighted by Crippen LogP contribution is -2.28. The van der Waals surface area contributed by atoms with Crippen molar-refractivity contribution in [3.05, 3.63) is 23.2 Å². The number of halogens is 1. The summed E-state index contributed by atoms with van der Waals surface area (Å²) < 4.78 is 11.1. The van der Waals surface area contributed by atoms with Crippen molar-refractivity contribution in [2.75, 3.05) is 17.3 Å². The SMILES string of the molecule is CC(C(=O)Nc1ccc(Cl)c(N)c1)S(C)=O. The molecule has 4 nitrogen and oxygen atoms in total. The topological polar surface area (TPSA) is 72.2 Å². The van der Waals surface area contributed by atoms with E-state index in [0.29, 0.717) is 16.4 Å². The lowest BCUT2D eigenvalue weighted by molar-refractivity contribution is -0.115. The summed E-state index contributed by atoms with van der Waals surface area (Å²) >= 11 is 5.74. The van der Waals surface area contributed by atoms with Crippen molar-refractivity contribution in [3.8, 4) is 0 Å². The molecule has 1 aromatic rings. The van der Waals surface area contributed by atoms with E-state index in [2.05, 4.69) is 5.32 Å². The van der Waals surface area contributed by atoms with Crippen molar-refractivity contribution in [2.24, 2.45) is 0 Å². The largest absolute Gasteiger partial charge is 0.397 e. The zero-order chi connectivity index (χ0) is 12.3. The molecule has 0 heterocycles. The number of rotatable bonds is 3. The summed E-state index contributed by atoms with van der Waals surface area (Å²) in [4.78, 5) is 11.6. The first-order valence-corrected chi connectivity index (χ1v) is 6.60. The Kier molecular flexibility index (Phi) is 4.32. The maximum Gasteiger partial charge on any atom is 0.239 e. The van der Waals surface area contributed by atoms with Gasteiger partial charge in [0.15, 0.2) is 0 Å². The Morgan fingerprint density at radius 2 is 2.19 bits per heavy atom. The third-order valence-corrected chi connectivity index (χ3v) is 3.68. The summed E-state index contributed by atoms with van der Waals surface area (Å²) in [7, 11) is -1.19. The Labute approximate surface area is 102 Å². The van der Waals surface area contributed by atoms with Crippen LogP contribution in [0.3, 0.4) is 0 Å². The first-order valence-electron chi connectivity index (χ1n) is 4.60. The van der Waals surface area contributed by atoms with Crippen LogP contribution >= 0.6 is 11.6 Å². The normalized spacial score (nSPS) is 14.2. The minimum atomic E-state index is -1.19. The summed E-state index contributed by atoms with van der Waals surface area (Å²) in [6.45, 7) is 1.60. The van der Waals surface area contributed by atoms with Crippen molar-refractivity contribution in [2.45, 2.75) is 12.2 Å². The van der Waals surface area contributed by atoms with E-state index in [-0.39, 0.29) is 5.91 Å².